The van der Waals surface area contributed by atoms with E-state index in [2.05, 4.69) is 10.2 Å². The average molecular weight is 446 g/mol. The lowest BCUT2D eigenvalue weighted by Gasteiger charge is -2.12. The molecule has 0 amide bonds. The van der Waals surface area contributed by atoms with Crippen molar-refractivity contribution in [3.05, 3.63) is 84.4 Å². The normalized spacial score (nSPS) is 10.7. The van der Waals surface area contributed by atoms with Crippen LogP contribution in [-0.4, -0.2) is 40.0 Å². The van der Waals surface area contributed by atoms with Gasteiger partial charge in [0.1, 0.15) is 11.5 Å². The Morgan fingerprint density at radius 2 is 1.59 bits per heavy atom. The van der Waals surface area contributed by atoms with E-state index in [1.807, 2.05) is 90.4 Å². The molecule has 4 aromatic rings. The third-order valence-electron chi connectivity index (χ3n) is 4.82. The van der Waals surface area contributed by atoms with Crippen LogP contribution in [0.3, 0.4) is 0 Å². The first kappa shape index (κ1) is 21.6. The van der Waals surface area contributed by atoms with Gasteiger partial charge in [-0.15, -0.1) is 10.2 Å². The molecule has 0 bridgehead atoms. The lowest BCUT2D eigenvalue weighted by atomic mass is 10.2. The van der Waals surface area contributed by atoms with Crippen molar-refractivity contribution in [2.45, 2.75) is 12.1 Å². The Kier molecular flexibility index (Phi) is 6.87. The molecule has 0 aliphatic rings. The number of hydrogen-bond acceptors (Lipinski definition) is 6. The molecule has 0 saturated heterocycles. The van der Waals surface area contributed by atoms with E-state index >= 15 is 0 Å². The molecule has 0 atom stereocenters. The largest absolute Gasteiger partial charge is 0.497 e. The number of carbonyl (C=O) groups is 1. The number of benzene rings is 3. The van der Waals surface area contributed by atoms with Gasteiger partial charge < -0.3 is 9.47 Å². The van der Waals surface area contributed by atoms with Crippen molar-refractivity contribution in [3.63, 3.8) is 0 Å². The molecule has 0 fully saturated rings. The zero-order valence-electron chi connectivity index (χ0n) is 17.9. The van der Waals surface area contributed by atoms with Gasteiger partial charge in [-0.2, -0.15) is 0 Å². The highest BCUT2D eigenvalue weighted by atomic mass is 32.2. The van der Waals surface area contributed by atoms with Crippen molar-refractivity contribution in [2.24, 2.45) is 0 Å². The summed E-state index contributed by atoms with van der Waals surface area (Å²) in [6.07, 6.45) is 0. The van der Waals surface area contributed by atoms with Crippen LogP contribution in [0.1, 0.15) is 17.3 Å². The maximum Gasteiger partial charge on any atom is 0.196 e. The lowest BCUT2D eigenvalue weighted by molar-refractivity contribution is 0.102. The van der Waals surface area contributed by atoms with Crippen molar-refractivity contribution in [2.75, 3.05) is 19.5 Å². The molecule has 0 aliphatic heterocycles. The van der Waals surface area contributed by atoms with E-state index in [9.17, 15) is 4.79 Å². The average Bonchev–Trinajstić information content (AvgIpc) is 3.27. The smallest absolute Gasteiger partial charge is 0.196 e. The van der Waals surface area contributed by atoms with Gasteiger partial charge in [-0.3, -0.25) is 9.36 Å². The number of carbonyl (C=O) groups excluding carboxylic acids is 1. The number of ketones is 1. The fourth-order valence-electron chi connectivity index (χ4n) is 3.22. The molecule has 32 heavy (non-hydrogen) atoms. The summed E-state index contributed by atoms with van der Waals surface area (Å²) in [4.78, 5) is 12.6. The number of rotatable bonds is 9. The van der Waals surface area contributed by atoms with Gasteiger partial charge in [0.25, 0.3) is 0 Å². The highest BCUT2D eigenvalue weighted by molar-refractivity contribution is 7.99. The molecule has 0 spiro atoms. The Morgan fingerprint density at radius 3 is 2.25 bits per heavy atom. The molecular weight excluding hydrogens is 422 g/mol. The summed E-state index contributed by atoms with van der Waals surface area (Å²) in [7, 11) is 1.63. The lowest BCUT2D eigenvalue weighted by Crippen LogP contribution is -2.05. The molecule has 7 heteroatoms. The Balaban J connectivity index is 1.67. The van der Waals surface area contributed by atoms with Gasteiger partial charge in [0.15, 0.2) is 16.8 Å². The second-order valence-corrected chi connectivity index (χ2v) is 7.82. The number of methoxy groups -OCH3 is 1. The summed E-state index contributed by atoms with van der Waals surface area (Å²) < 4.78 is 12.8. The Hall–Kier alpha value is -3.58. The van der Waals surface area contributed by atoms with E-state index in [0.29, 0.717) is 23.2 Å². The highest BCUT2D eigenvalue weighted by Gasteiger charge is 2.18. The zero-order valence-corrected chi connectivity index (χ0v) is 18.7. The third-order valence-corrected chi connectivity index (χ3v) is 5.74. The summed E-state index contributed by atoms with van der Waals surface area (Å²) >= 11 is 1.37. The molecule has 6 nitrogen and oxygen atoms in total. The standard InChI is InChI=1S/C25H23N3O3S/c1-3-31-22-15-11-20(12-16-22)28-24(19-9-13-21(30-2)14-10-19)26-27-25(28)32-17-23(29)18-7-5-4-6-8-18/h4-16H,3,17H2,1-2H3. The van der Waals surface area contributed by atoms with Gasteiger partial charge in [0, 0.05) is 16.8 Å². The van der Waals surface area contributed by atoms with Crippen molar-refractivity contribution in [1.82, 2.24) is 14.8 Å². The van der Waals surface area contributed by atoms with Gasteiger partial charge in [0.2, 0.25) is 0 Å². The van der Waals surface area contributed by atoms with E-state index in [1.54, 1.807) is 7.11 Å². The van der Waals surface area contributed by atoms with Crippen LogP contribution in [0.2, 0.25) is 0 Å². The Labute approximate surface area is 191 Å². The van der Waals surface area contributed by atoms with Crippen molar-refractivity contribution < 1.29 is 14.3 Å². The quantitative estimate of drug-likeness (QED) is 0.257. The van der Waals surface area contributed by atoms with Crippen LogP contribution in [0.15, 0.2) is 84.0 Å². The van der Waals surface area contributed by atoms with E-state index in [1.165, 1.54) is 11.8 Å². The molecule has 0 aliphatic carbocycles. The fraction of sp³-hybridized carbons (Fsp3) is 0.160. The number of Topliss-reactive ketones (excluding diaryl/α,β-unsaturated/α-hetero) is 1. The molecule has 1 aromatic heterocycles. The molecule has 0 radical (unpaired) electrons. The van der Waals surface area contributed by atoms with E-state index in [-0.39, 0.29) is 11.5 Å². The van der Waals surface area contributed by atoms with Gasteiger partial charge in [-0.25, -0.2) is 0 Å². The molecule has 0 saturated carbocycles. The first-order valence-corrected chi connectivity index (χ1v) is 11.2. The van der Waals surface area contributed by atoms with Crippen LogP contribution in [0.25, 0.3) is 17.1 Å². The predicted molar refractivity (Wildman–Crippen MR) is 126 cm³/mol. The first-order chi connectivity index (χ1) is 15.7. The summed E-state index contributed by atoms with van der Waals surface area (Å²) in [6.45, 7) is 2.56. The predicted octanol–water partition coefficient (Wildman–Crippen LogP) is 5.32. The van der Waals surface area contributed by atoms with Gasteiger partial charge in [0.05, 0.1) is 19.5 Å². The van der Waals surface area contributed by atoms with Crippen LogP contribution in [0, 0.1) is 0 Å². The molecule has 1 heterocycles. The topological polar surface area (TPSA) is 66.2 Å². The van der Waals surface area contributed by atoms with Crippen molar-refractivity contribution in [1.29, 1.82) is 0 Å². The maximum absolute atomic E-state index is 12.6. The number of nitrogens with zero attached hydrogens (tertiary/aromatic N) is 3. The van der Waals surface area contributed by atoms with Gasteiger partial charge in [-0.1, -0.05) is 42.1 Å². The van der Waals surface area contributed by atoms with E-state index in [4.69, 9.17) is 9.47 Å². The number of thioether (sulfide) groups is 1. The van der Waals surface area contributed by atoms with Crippen LogP contribution in [-0.2, 0) is 0 Å². The number of ether oxygens (including phenoxy) is 2. The minimum Gasteiger partial charge on any atom is -0.497 e. The summed E-state index contributed by atoms with van der Waals surface area (Å²) in [5, 5.41) is 9.48. The zero-order chi connectivity index (χ0) is 22.3. The molecule has 0 unspecified atom stereocenters. The van der Waals surface area contributed by atoms with Gasteiger partial charge >= 0.3 is 0 Å². The summed E-state index contributed by atoms with van der Waals surface area (Å²) in [5.74, 6) is 2.56. The first-order valence-electron chi connectivity index (χ1n) is 10.2. The number of aromatic nitrogens is 3. The van der Waals surface area contributed by atoms with Crippen molar-refractivity contribution >= 4 is 17.5 Å². The second kappa shape index (κ2) is 10.2. The molecule has 3 aromatic carbocycles. The Morgan fingerprint density at radius 1 is 0.906 bits per heavy atom. The summed E-state index contributed by atoms with van der Waals surface area (Å²) in [5.41, 5.74) is 2.47. The van der Waals surface area contributed by atoms with E-state index in [0.717, 1.165) is 22.7 Å². The molecular formula is C25H23N3O3S. The SMILES string of the molecule is CCOc1ccc(-n2c(SCC(=O)c3ccccc3)nnc2-c2ccc(OC)cc2)cc1. The van der Waals surface area contributed by atoms with E-state index < -0.39 is 0 Å². The molecule has 0 N–H and O–H groups in total. The van der Waals surface area contributed by atoms with Gasteiger partial charge in [-0.05, 0) is 55.5 Å². The van der Waals surface area contributed by atoms with Crippen LogP contribution in [0.5, 0.6) is 11.5 Å². The van der Waals surface area contributed by atoms with Crippen LogP contribution in [0.4, 0.5) is 0 Å². The van der Waals surface area contributed by atoms with Crippen LogP contribution >= 0.6 is 11.8 Å². The Bertz CT molecular complexity index is 1170. The monoisotopic (exact) mass is 445 g/mol. The molecule has 162 valence electrons. The minimum absolute atomic E-state index is 0.0443. The number of hydrogen-bond donors (Lipinski definition) is 0. The van der Waals surface area contributed by atoms with Crippen LogP contribution < -0.4 is 9.47 Å². The second-order valence-electron chi connectivity index (χ2n) is 6.87. The molecule has 4 rings (SSSR count). The highest BCUT2D eigenvalue weighted by Crippen LogP contribution is 2.30. The third kappa shape index (κ3) is 4.84. The summed E-state index contributed by atoms with van der Waals surface area (Å²) in [6, 6.07) is 24.7. The fourth-order valence-corrected chi connectivity index (χ4v) is 4.07. The maximum atomic E-state index is 12.6. The van der Waals surface area contributed by atoms with Crippen molar-refractivity contribution in [3.8, 4) is 28.6 Å². The minimum atomic E-state index is 0.0443.